The van der Waals surface area contributed by atoms with Crippen LogP contribution in [0.3, 0.4) is 0 Å². The largest absolute Gasteiger partial charge is 0.389 e. The summed E-state index contributed by atoms with van der Waals surface area (Å²) in [5, 5.41) is 0. The van der Waals surface area contributed by atoms with Crippen molar-refractivity contribution in [3.63, 3.8) is 0 Å². The number of carbonyl (C=O) groups is 6. The fraction of sp³-hybridized carbons (Fsp3) is 0.300. The summed E-state index contributed by atoms with van der Waals surface area (Å²) in [6, 6.07) is 0. The Morgan fingerprint density at radius 2 is 0.857 bits per heavy atom. The van der Waals surface area contributed by atoms with Gasteiger partial charge in [0.05, 0.1) is 23.0 Å². The van der Waals surface area contributed by atoms with Crippen molar-refractivity contribution in [3.05, 3.63) is 44.6 Å². The molecular formula is C20H8O8. The highest BCUT2D eigenvalue weighted by molar-refractivity contribution is 6.27. The van der Waals surface area contributed by atoms with Crippen LogP contribution in [0.1, 0.15) is 12.8 Å². The highest BCUT2D eigenvalue weighted by Gasteiger charge is 2.64. The Kier molecular flexibility index (Phi) is 2.11. The van der Waals surface area contributed by atoms with Gasteiger partial charge in [-0.1, -0.05) is 0 Å². The summed E-state index contributed by atoms with van der Waals surface area (Å²) in [6.45, 7) is 0. The van der Waals surface area contributed by atoms with Crippen molar-refractivity contribution >= 4 is 35.4 Å². The van der Waals surface area contributed by atoms with Crippen LogP contribution in [0.2, 0.25) is 0 Å². The van der Waals surface area contributed by atoms with Crippen molar-refractivity contribution in [3.8, 4) is 0 Å². The number of fused-ring (bicyclic) bond motifs is 12. The van der Waals surface area contributed by atoms with Gasteiger partial charge in [0.2, 0.25) is 0 Å². The fourth-order valence-electron chi connectivity index (χ4n) is 6.18. The van der Waals surface area contributed by atoms with Gasteiger partial charge in [0, 0.05) is 11.1 Å². The number of allylic oxidation sites excluding steroid dienone is 4. The molecule has 28 heavy (non-hydrogen) atoms. The average molecular weight is 376 g/mol. The summed E-state index contributed by atoms with van der Waals surface area (Å²) in [5.41, 5.74) is 2.81. The van der Waals surface area contributed by atoms with E-state index in [2.05, 4.69) is 0 Å². The number of Topliss-reactive ketones (excluding diaryl/α,β-unsaturated/α-hetero) is 2. The molecule has 7 aliphatic rings. The van der Waals surface area contributed by atoms with Crippen molar-refractivity contribution in [2.24, 2.45) is 23.7 Å². The van der Waals surface area contributed by atoms with Crippen LogP contribution in [-0.4, -0.2) is 35.4 Å². The zero-order valence-electron chi connectivity index (χ0n) is 14.0. The Hall–Kier alpha value is -3.42. The first-order chi connectivity index (χ1) is 13.4. The highest BCUT2D eigenvalue weighted by Crippen LogP contribution is 2.63. The van der Waals surface area contributed by atoms with Crippen LogP contribution in [0.25, 0.3) is 0 Å². The van der Waals surface area contributed by atoms with E-state index >= 15 is 0 Å². The standard InChI is InChI=1S/C20H8O8/c21-15-7-3-1-4(12-11(3)17(23)27-18(12)24)8(7)16(22)10-6-2-5(9(10)15)13-14(6)20(26)28-19(13)25/h7,10,12-13H,1-2H2. The van der Waals surface area contributed by atoms with Gasteiger partial charge in [-0.2, -0.15) is 0 Å². The van der Waals surface area contributed by atoms with E-state index in [9.17, 15) is 28.8 Å². The maximum absolute atomic E-state index is 13.4. The molecule has 0 spiro atoms. The van der Waals surface area contributed by atoms with Crippen LogP contribution in [0, 0.1) is 23.7 Å². The van der Waals surface area contributed by atoms with Gasteiger partial charge in [-0.15, -0.1) is 0 Å². The number of hydrogen-bond donors (Lipinski definition) is 0. The zero-order chi connectivity index (χ0) is 19.2. The highest BCUT2D eigenvalue weighted by atomic mass is 16.6. The summed E-state index contributed by atoms with van der Waals surface area (Å²) < 4.78 is 9.41. The Morgan fingerprint density at radius 3 is 1.25 bits per heavy atom. The Morgan fingerprint density at radius 1 is 0.500 bits per heavy atom. The van der Waals surface area contributed by atoms with E-state index < -0.39 is 47.5 Å². The number of ketones is 2. The summed E-state index contributed by atoms with van der Waals surface area (Å²) in [4.78, 5) is 75.1. The maximum Gasteiger partial charge on any atom is 0.342 e. The van der Waals surface area contributed by atoms with Gasteiger partial charge in [-0.25, -0.2) is 9.59 Å². The van der Waals surface area contributed by atoms with Crippen LogP contribution in [-0.2, 0) is 38.2 Å². The second kappa shape index (κ2) is 4.04. The molecule has 2 heterocycles. The average Bonchev–Trinajstić information content (AvgIpc) is 3.43. The van der Waals surface area contributed by atoms with E-state index in [1.54, 1.807) is 0 Å². The van der Waals surface area contributed by atoms with Crippen molar-refractivity contribution in [2.45, 2.75) is 12.8 Å². The topological polar surface area (TPSA) is 121 Å². The molecule has 0 radical (unpaired) electrons. The van der Waals surface area contributed by atoms with Gasteiger partial charge >= 0.3 is 23.9 Å². The van der Waals surface area contributed by atoms with Gasteiger partial charge in [0.15, 0.2) is 11.6 Å². The first-order valence-corrected chi connectivity index (χ1v) is 8.92. The lowest BCUT2D eigenvalue weighted by atomic mass is 9.66. The number of ether oxygens (including phenoxy) is 2. The smallest absolute Gasteiger partial charge is 0.342 e. The number of hydrogen-bond acceptors (Lipinski definition) is 8. The van der Waals surface area contributed by atoms with Crippen molar-refractivity contribution in [1.29, 1.82) is 0 Å². The van der Waals surface area contributed by atoms with Crippen molar-refractivity contribution < 1.29 is 38.2 Å². The third kappa shape index (κ3) is 1.23. The minimum Gasteiger partial charge on any atom is -0.389 e. The number of rotatable bonds is 0. The first-order valence-electron chi connectivity index (χ1n) is 8.92. The molecule has 3 fully saturated rings. The quantitative estimate of drug-likeness (QED) is 0.421. The normalized spacial score (nSPS) is 36.7. The number of carbonyl (C=O) groups excluding carboxylic acids is 6. The molecular weight excluding hydrogens is 368 g/mol. The molecule has 7 rings (SSSR count). The van der Waals surface area contributed by atoms with Gasteiger partial charge in [-0.05, 0) is 35.1 Å². The lowest BCUT2D eigenvalue weighted by Crippen LogP contribution is -2.40. The molecule has 0 aromatic heterocycles. The zero-order valence-corrected chi connectivity index (χ0v) is 14.0. The summed E-state index contributed by atoms with van der Waals surface area (Å²) in [6.07, 6.45) is 0.480. The molecule has 5 aliphatic carbocycles. The lowest BCUT2D eigenvalue weighted by molar-refractivity contribution is -0.154. The fourth-order valence-corrected chi connectivity index (χ4v) is 6.18. The molecule has 8 heteroatoms. The van der Waals surface area contributed by atoms with Gasteiger partial charge in [0.25, 0.3) is 0 Å². The SMILES string of the molecule is O=C1OC(=O)C2C3=C4C(=O)C5C6=C7C(=O)OC(=O)C7C(=C5C(=O)C4C(=C12)C3)C6. The maximum atomic E-state index is 13.4. The van der Waals surface area contributed by atoms with Crippen LogP contribution in [0.15, 0.2) is 44.6 Å². The van der Waals surface area contributed by atoms with E-state index in [0.717, 1.165) is 0 Å². The Labute approximate surface area is 155 Å². The first kappa shape index (κ1) is 14.6. The molecule has 8 nitrogen and oxygen atoms in total. The monoisotopic (exact) mass is 376 g/mol. The van der Waals surface area contributed by atoms with Gasteiger partial charge in [-0.3, -0.25) is 19.2 Å². The van der Waals surface area contributed by atoms with Crippen LogP contribution in [0.5, 0.6) is 0 Å². The minimum atomic E-state index is -0.887. The molecule has 1 saturated carbocycles. The van der Waals surface area contributed by atoms with Crippen molar-refractivity contribution in [2.75, 3.05) is 0 Å². The predicted molar refractivity (Wildman–Crippen MR) is 83.5 cm³/mol. The third-order valence-corrected chi connectivity index (χ3v) is 7.05. The predicted octanol–water partition coefficient (Wildman–Crippen LogP) is -0.209. The second-order valence-electron chi connectivity index (χ2n) is 7.99. The van der Waals surface area contributed by atoms with E-state index in [-0.39, 0.29) is 46.7 Å². The molecule has 0 aromatic rings. The summed E-state index contributed by atoms with van der Waals surface area (Å²) in [7, 11) is 0. The third-order valence-electron chi connectivity index (χ3n) is 7.05. The molecule has 2 aliphatic heterocycles. The van der Waals surface area contributed by atoms with Crippen LogP contribution in [0.4, 0.5) is 0 Å². The van der Waals surface area contributed by atoms with Crippen LogP contribution < -0.4 is 0 Å². The van der Waals surface area contributed by atoms with Crippen LogP contribution >= 0.6 is 0 Å². The molecule has 0 amide bonds. The molecule has 0 N–H and O–H groups in total. The molecule has 0 aromatic carbocycles. The van der Waals surface area contributed by atoms with Crippen molar-refractivity contribution in [1.82, 2.24) is 0 Å². The number of esters is 4. The van der Waals surface area contributed by atoms with Gasteiger partial charge < -0.3 is 9.47 Å². The minimum absolute atomic E-state index is 0.192. The molecule has 136 valence electrons. The molecule has 4 bridgehead atoms. The lowest BCUT2D eigenvalue weighted by Gasteiger charge is -2.32. The Balaban J connectivity index is 1.48. The van der Waals surface area contributed by atoms with E-state index in [0.29, 0.717) is 22.3 Å². The molecule has 4 atom stereocenters. The molecule has 4 unspecified atom stereocenters. The summed E-state index contributed by atoms with van der Waals surface area (Å²) in [5.74, 6) is -7.10. The number of cyclic esters (lactones) is 4. The van der Waals surface area contributed by atoms with E-state index in [1.165, 1.54) is 0 Å². The Bertz CT molecular complexity index is 1140. The van der Waals surface area contributed by atoms with E-state index in [1.807, 2.05) is 0 Å². The second-order valence-corrected chi connectivity index (χ2v) is 7.99. The summed E-state index contributed by atoms with van der Waals surface area (Å²) >= 11 is 0. The molecule has 2 saturated heterocycles. The van der Waals surface area contributed by atoms with E-state index in [4.69, 9.17) is 9.47 Å². The van der Waals surface area contributed by atoms with Gasteiger partial charge in [0.1, 0.15) is 11.8 Å².